The van der Waals surface area contributed by atoms with Crippen LogP contribution >= 0.6 is 0 Å². The van der Waals surface area contributed by atoms with E-state index in [1.807, 2.05) is 36.4 Å². The maximum atomic E-state index is 10.3. The first-order chi connectivity index (χ1) is 6.77. The molecule has 1 unspecified atom stereocenters. The van der Waals surface area contributed by atoms with Crippen LogP contribution in [0, 0.1) is 0 Å². The fourth-order valence-electron chi connectivity index (χ4n) is 1.52. The molecule has 3 heteroatoms. The number of ether oxygens (including phenoxy) is 1. The van der Waals surface area contributed by atoms with Crippen molar-refractivity contribution < 1.29 is 14.6 Å². The maximum absolute atomic E-state index is 10.3. The zero-order valence-corrected chi connectivity index (χ0v) is 7.51. The molecule has 0 saturated heterocycles. The van der Waals surface area contributed by atoms with Crippen molar-refractivity contribution >= 4 is 12.0 Å². The Morgan fingerprint density at radius 1 is 1.43 bits per heavy atom. The lowest BCUT2D eigenvalue weighted by Crippen LogP contribution is -2.09. The van der Waals surface area contributed by atoms with Crippen molar-refractivity contribution in [3.8, 4) is 0 Å². The SMILES string of the molecule is O=C(O)COC1C=Cc2ccccc21. The molecule has 1 aromatic rings. The molecule has 1 aliphatic rings. The smallest absolute Gasteiger partial charge is 0.329 e. The highest BCUT2D eigenvalue weighted by Crippen LogP contribution is 2.30. The molecule has 2 rings (SSSR count). The van der Waals surface area contributed by atoms with E-state index in [1.165, 1.54) is 0 Å². The second-order valence-corrected chi connectivity index (χ2v) is 3.11. The molecular weight excluding hydrogens is 180 g/mol. The minimum absolute atomic E-state index is 0.206. The van der Waals surface area contributed by atoms with E-state index >= 15 is 0 Å². The highest BCUT2D eigenvalue weighted by Gasteiger charge is 2.17. The summed E-state index contributed by atoms with van der Waals surface area (Å²) in [5, 5.41) is 8.47. The topological polar surface area (TPSA) is 46.5 Å². The monoisotopic (exact) mass is 190 g/mol. The van der Waals surface area contributed by atoms with Crippen LogP contribution in [0.15, 0.2) is 30.3 Å². The highest BCUT2D eigenvalue weighted by atomic mass is 16.5. The molecule has 72 valence electrons. The number of benzene rings is 1. The van der Waals surface area contributed by atoms with E-state index in [1.54, 1.807) is 0 Å². The second kappa shape index (κ2) is 3.64. The van der Waals surface area contributed by atoms with E-state index < -0.39 is 5.97 Å². The van der Waals surface area contributed by atoms with Crippen molar-refractivity contribution in [2.45, 2.75) is 6.10 Å². The summed E-state index contributed by atoms with van der Waals surface area (Å²) >= 11 is 0. The maximum Gasteiger partial charge on any atom is 0.329 e. The zero-order chi connectivity index (χ0) is 9.97. The zero-order valence-electron chi connectivity index (χ0n) is 7.51. The third-order valence-electron chi connectivity index (χ3n) is 2.14. The third-order valence-corrected chi connectivity index (χ3v) is 2.14. The van der Waals surface area contributed by atoms with Crippen molar-refractivity contribution in [2.24, 2.45) is 0 Å². The molecule has 1 atom stereocenters. The lowest BCUT2D eigenvalue weighted by atomic mass is 10.1. The van der Waals surface area contributed by atoms with Crippen LogP contribution in [-0.4, -0.2) is 17.7 Å². The summed E-state index contributed by atoms with van der Waals surface area (Å²) in [5.41, 5.74) is 2.14. The van der Waals surface area contributed by atoms with Crippen molar-refractivity contribution in [3.63, 3.8) is 0 Å². The Kier molecular flexibility index (Phi) is 2.33. The standard InChI is InChI=1S/C11H10O3/c12-11(13)7-14-10-6-5-8-3-1-2-4-9(8)10/h1-6,10H,7H2,(H,12,13). The Morgan fingerprint density at radius 3 is 3.00 bits per heavy atom. The Bertz CT molecular complexity index is 382. The summed E-state index contributed by atoms with van der Waals surface area (Å²) < 4.78 is 5.20. The van der Waals surface area contributed by atoms with E-state index in [0.717, 1.165) is 11.1 Å². The molecule has 1 aliphatic carbocycles. The number of carboxylic acid groups (broad SMARTS) is 1. The molecular formula is C11H10O3. The number of hydrogen-bond donors (Lipinski definition) is 1. The quantitative estimate of drug-likeness (QED) is 0.791. The third kappa shape index (κ3) is 1.67. The summed E-state index contributed by atoms with van der Waals surface area (Å²) in [5.74, 6) is -0.942. The molecule has 0 spiro atoms. The Balaban J connectivity index is 2.11. The van der Waals surface area contributed by atoms with Crippen LogP contribution < -0.4 is 0 Å². The van der Waals surface area contributed by atoms with Crippen LogP contribution in [0.1, 0.15) is 17.2 Å². The molecule has 14 heavy (non-hydrogen) atoms. The van der Waals surface area contributed by atoms with E-state index in [9.17, 15) is 4.79 Å². The predicted octanol–water partition coefficient (Wildman–Crippen LogP) is 1.86. The summed E-state index contributed by atoms with van der Waals surface area (Å²) in [6.45, 7) is -0.261. The van der Waals surface area contributed by atoms with E-state index in [4.69, 9.17) is 9.84 Å². The molecule has 0 amide bonds. The first-order valence-electron chi connectivity index (χ1n) is 4.38. The van der Waals surface area contributed by atoms with E-state index in [0.29, 0.717) is 0 Å². The van der Waals surface area contributed by atoms with Gasteiger partial charge in [0.1, 0.15) is 12.7 Å². The van der Waals surface area contributed by atoms with Gasteiger partial charge < -0.3 is 9.84 Å². The number of rotatable bonds is 3. The van der Waals surface area contributed by atoms with Crippen molar-refractivity contribution in [1.29, 1.82) is 0 Å². The summed E-state index contributed by atoms with van der Waals surface area (Å²) in [6.07, 6.45) is 3.61. The Labute approximate surface area is 81.6 Å². The lowest BCUT2D eigenvalue weighted by molar-refractivity contribution is -0.143. The highest BCUT2D eigenvalue weighted by molar-refractivity contribution is 5.68. The lowest BCUT2D eigenvalue weighted by Gasteiger charge is -2.10. The van der Waals surface area contributed by atoms with Gasteiger partial charge in [0.2, 0.25) is 0 Å². The average molecular weight is 190 g/mol. The van der Waals surface area contributed by atoms with E-state index in [2.05, 4.69) is 0 Å². The largest absolute Gasteiger partial charge is 0.480 e. The number of carboxylic acids is 1. The normalized spacial score (nSPS) is 18.1. The average Bonchev–Trinajstić information content (AvgIpc) is 2.58. The van der Waals surface area contributed by atoms with Crippen LogP contribution in [0.25, 0.3) is 6.08 Å². The van der Waals surface area contributed by atoms with Gasteiger partial charge in [0.15, 0.2) is 0 Å². The van der Waals surface area contributed by atoms with Crippen LogP contribution in [0.2, 0.25) is 0 Å². The number of aliphatic carboxylic acids is 1. The van der Waals surface area contributed by atoms with Gasteiger partial charge in [0.25, 0.3) is 0 Å². The first kappa shape index (κ1) is 8.97. The molecule has 3 nitrogen and oxygen atoms in total. The van der Waals surface area contributed by atoms with Gasteiger partial charge in [0, 0.05) is 0 Å². The summed E-state index contributed by atoms with van der Waals surface area (Å²) in [6, 6.07) is 7.80. The minimum atomic E-state index is -0.942. The summed E-state index contributed by atoms with van der Waals surface area (Å²) in [7, 11) is 0. The van der Waals surface area contributed by atoms with Gasteiger partial charge in [-0.3, -0.25) is 0 Å². The van der Waals surface area contributed by atoms with Gasteiger partial charge >= 0.3 is 5.97 Å². The molecule has 0 aliphatic heterocycles. The first-order valence-corrected chi connectivity index (χ1v) is 4.38. The van der Waals surface area contributed by atoms with Crippen molar-refractivity contribution in [1.82, 2.24) is 0 Å². The molecule has 0 radical (unpaired) electrons. The molecule has 0 bridgehead atoms. The number of carbonyl (C=O) groups is 1. The van der Waals surface area contributed by atoms with Gasteiger partial charge in [-0.1, -0.05) is 36.4 Å². The predicted molar refractivity (Wildman–Crippen MR) is 51.8 cm³/mol. The molecule has 1 N–H and O–H groups in total. The van der Waals surface area contributed by atoms with Gasteiger partial charge in [-0.15, -0.1) is 0 Å². The van der Waals surface area contributed by atoms with Crippen LogP contribution in [0.4, 0.5) is 0 Å². The fraction of sp³-hybridized carbons (Fsp3) is 0.182. The van der Waals surface area contributed by atoms with Crippen LogP contribution in [-0.2, 0) is 9.53 Å². The molecule has 0 aromatic heterocycles. The van der Waals surface area contributed by atoms with Crippen LogP contribution in [0.3, 0.4) is 0 Å². The fourth-order valence-corrected chi connectivity index (χ4v) is 1.52. The van der Waals surface area contributed by atoms with Gasteiger partial charge in [-0.2, -0.15) is 0 Å². The van der Waals surface area contributed by atoms with E-state index in [-0.39, 0.29) is 12.7 Å². The minimum Gasteiger partial charge on any atom is -0.480 e. The summed E-state index contributed by atoms with van der Waals surface area (Å²) in [4.78, 5) is 10.3. The van der Waals surface area contributed by atoms with Gasteiger partial charge in [0.05, 0.1) is 0 Å². The molecule has 0 fully saturated rings. The van der Waals surface area contributed by atoms with Crippen molar-refractivity contribution in [2.75, 3.05) is 6.61 Å². The number of fused-ring (bicyclic) bond motifs is 1. The van der Waals surface area contributed by atoms with Crippen molar-refractivity contribution in [3.05, 3.63) is 41.5 Å². The Morgan fingerprint density at radius 2 is 2.21 bits per heavy atom. The van der Waals surface area contributed by atoms with Gasteiger partial charge in [-0.25, -0.2) is 4.79 Å². The molecule has 1 aromatic carbocycles. The second-order valence-electron chi connectivity index (χ2n) is 3.11. The molecule has 0 saturated carbocycles. The molecule has 0 heterocycles. The van der Waals surface area contributed by atoms with Crippen LogP contribution in [0.5, 0.6) is 0 Å². The number of hydrogen-bond acceptors (Lipinski definition) is 2. The Hall–Kier alpha value is -1.61. The van der Waals surface area contributed by atoms with Gasteiger partial charge in [-0.05, 0) is 11.1 Å².